The van der Waals surface area contributed by atoms with Gasteiger partial charge in [0.1, 0.15) is 34.6 Å². The molecular formula is C50H54F2N6O7. The minimum absolute atomic E-state index is 0.110. The molecule has 340 valence electrons. The molecule has 8 rings (SSSR count). The maximum atomic E-state index is 13.0. The summed E-state index contributed by atoms with van der Waals surface area (Å²) in [5.74, 6) is 0.594. The number of aryl methyl sites for hydroxylation is 2. The van der Waals surface area contributed by atoms with Gasteiger partial charge in [0.15, 0.2) is 0 Å². The maximum absolute atomic E-state index is 13.0. The number of rotatable bonds is 13. The SMILES string of the molecule is Cc1cc(C(=O)NCCN2CCOCC2)cc(-c2ccc(Oc3ccc(F)cc3)cc2)n1.Cc1cc(C(=O)O)cc(-c2ccc(Oc3ccc(F)cc3)cc2)n1.NCCN1CCOCC1. The first kappa shape index (κ1) is 47.8. The Morgan fingerprint density at radius 2 is 1.00 bits per heavy atom. The Bertz CT molecular complexity index is 2430. The summed E-state index contributed by atoms with van der Waals surface area (Å²) in [5, 5.41) is 12.1. The number of nitrogens with zero attached hydrogens (tertiary/aromatic N) is 4. The second-order valence-corrected chi connectivity index (χ2v) is 15.2. The molecule has 0 saturated carbocycles. The molecule has 0 bridgehead atoms. The van der Waals surface area contributed by atoms with E-state index >= 15 is 0 Å². The Morgan fingerprint density at radius 1 is 0.615 bits per heavy atom. The minimum atomic E-state index is -0.988. The molecule has 4 aromatic carbocycles. The number of benzene rings is 4. The summed E-state index contributed by atoms with van der Waals surface area (Å²) in [5.41, 5.74) is 10.5. The number of morpholine rings is 2. The van der Waals surface area contributed by atoms with Crippen LogP contribution >= 0.6 is 0 Å². The highest BCUT2D eigenvalue weighted by Gasteiger charge is 2.14. The second-order valence-electron chi connectivity index (χ2n) is 15.2. The highest BCUT2D eigenvalue weighted by molar-refractivity contribution is 5.95. The van der Waals surface area contributed by atoms with Crippen LogP contribution < -0.4 is 20.5 Å². The number of carboxylic acid groups (broad SMARTS) is 1. The summed E-state index contributed by atoms with van der Waals surface area (Å²) in [4.78, 5) is 37.4. The minimum Gasteiger partial charge on any atom is -0.478 e. The van der Waals surface area contributed by atoms with Gasteiger partial charge in [0.25, 0.3) is 5.91 Å². The molecule has 2 aromatic heterocycles. The van der Waals surface area contributed by atoms with Crippen LogP contribution in [0.4, 0.5) is 8.78 Å². The van der Waals surface area contributed by atoms with Crippen LogP contribution in [0.5, 0.6) is 23.0 Å². The van der Waals surface area contributed by atoms with Crippen molar-refractivity contribution in [1.29, 1.82) is 0 Å². The number of aromatic nitrogens is 2. The van der Waals surface area contributed by atoms with Crippen molar-refractivity contribution in [3.8, 4) is 45.5 Å². The number of halogens is 2. The van der Waals surface area contributed by atoms with Gasteiger partial charge in [-0.1, -0.05) is 0 Å². The van der Waals surface area contributed by atoms with Crippen LogP contribution in [0.15, 0.2) is 121 Å². The van der Waals surface area contributed by atoms with Gasteiger partial charge in [0.2, 0.25) is 0 Å². The van der Waals surface area contributed by atoms with Gasteiger partial charge in [-0.2, -0.15) is 0 Å². The van der Waals surface area contributed by atoms with Gasteiger partial charge < -0.3 is 35.1 Å². The molecule has 2 aliphatic heterocycles. The molecule has 65 heavy (non-hydrogen) atoms. The molecule has 13 nitrogen and oxygen atoms in total. The topological polar surface area (TPSA) is 162 Å². The average Bonchev–Trinajstić information content (AvgIpc) is 3.32. The number of carbonyl (C=O) groups is 2. The van der Waals surface area contributed by atoms with Gasteiger partial charge in [-0.05, 0) is 135 Å². The third-order valence-corrected chi connectivity index (χ3v) is 10.2. The quantitative estimate of drug-likeness (QED) is 0.103. The summed E-state index contributed by atoms with van der Waals surface area (Å²) in [6, 6.07) is 32.8. The summed E-state index contributed by atoms with van der Waals surface area (Å²) < 4.78 is 47.8. The van der Waals surface area contributed by atoms with E-state index in [1.807, 2.05) is 31.2 Å². The molecule has 1 amide bonds. The second kappa shape index (κ2) is 24.4. The van der Waals surface area contributed by atoms with E-state index in [4.69, 9.17) is 29.8 Å². The number of nitrogens with two attached hydrogens (primary N) is 1. The van der Waals surface area contributed by atoms with Crippen LogP contribution in [0.25, 0.3) is 22.5 Å². The molecule has 4 heterocycles. The van der Waals surface area contributed by atoms with E-state index in [-0.39, 0.29) is 23.1 Å². The molecule has 0 spiro atoms. The maximum Gasteiger partial charge on any atom is 0.335 e. The molecule has 0 aliphatic carbocycles. The number of ether oxygens (including phenoxy) is 4. The number of aromatic carboxylic acids is 1. The molecule has 0 atom stereocenters. The number of hydrogen-bond acceptors (Lipinski definition) is 11. The van der Waals surface area contributed by atoms with Crippen molar-refractivity contribution in [2.75, 3.05) is 78.8 Å². The van der Waals surface area contributed by atoms with Crippen molar-refractivity contribution in [3.63, 3.8) is 0 Å². The van der Waals surface area contributed by atoms with E-state index in [2.05, 4.69) is 25.1 Å². The van der Waals surface area contributed by atoms with Crippen molar-refractivity contribution in [1.82, 2.24) is 25.1 Å². The van der Waals surface area contributed by atoms with Crippen LogP contribution in [-0.4, -0.2) is 116 Å². The smallest absolute Gasteiger partial charge is 0.335 e. The summed E-state index contributed by atoms with van der Waals surface area (Å²) in [7, 11) is 0. The molecule has 15 heteroatoms. The lowest BCUT2D eigenvalue weighted by Crippen LogP contribution is -2.41. The van der Waals surface area contributed by atoms with E-state index in [1.165, 1.54) is 36.4 Å². The predicted octanol–water partition coefficient (Wildman–Crippen LogP) is 8.01. The van der Waals surface area contributed by atoms with Crippen molar-refractivity contribution in [2.24, 2.45) is 5.73 Å². The molecule has 2 saturated heterocycles. The number of carbonyl (C=O) groups excluding carboxylic acids is 1. The van der Waals surface area contributed by atoms with Crippen LogP contribution in [0.1, 0.15) is 32.1 Å². The predicted molar refractivity (Wildman–Crippen MR) is 245 cm³/mol. The number of nitrogens with one attached hydrogen (secondary N) is 1. The van der Waals surface area contributed by atoms with E-state index in [1.54, 1.807) is 67.6 Å². The van der Waals surface area contributed by atoms with Crippen LogP contribution in [-0.2, 0) is 9.47 Å². The molecule has 0 unspecified atom stereocenters. The van der Waals surface area contributed by atoms with Crippen molar-refractivity contribution in [2.45, 2.75) is 13.8 Å². The fourth-order valence-corrected chi connectivity index (χ4v) is 6.81. The van der Waals surface area contributed by atoms with Gasteiger partial charge in [0, 0.05) is 80.4 Å². The highest BCUT2D eigenvalue weighted by Crippen LogP contribution is 2.28. The summed E-state index contributed by atoms with van der Waals surface area (Å²) >= 11 is 0. The lowest BCUT2D eigenvalue weighted by Gasteiger charge is -2.26. The lowest BCUT2D eigenvalue weighted by molar-refractivity contribution is 0.0383. The van der Waals surface area contributed by atoms with E-state index in [0.717, 1.165) is 94.8 Å². The van der Waals surface area contributed by atoms with Gasteiger partial charge in [-0.15, -0.1) is 0 Å². The Balaban J connectivity index is 0.000000186. The van der Waals surface area contributed by atoms with E-state index in [0.29, 0.717) is 46.5 Å². The van der Waals surface area contributed by atoms with Crippen molar-refractivity contribution in [3.05, 3.63) is 155 Å². The largest absolute Gasteiger partial charge is 0.478 e. The van der Waals surface area contributed by atoms with Crippen LogP contribution in [0.2, 0.25) is 0 Å². The first-order valence-electron chi connectivity index (χ1n) is 21.4. The Hall–Kier alpha value is -6.62. The molecule has 2 aliphatic rings. The first-order valence-corrected chi connectivity index (χ1v) is 21.4. The Kier molecular flexibility index (Phi) is 18.0. The van der Waals surface area contributed by atoms with Gasteiger partial charge in [0.05, 0.1) is 43.4 Å². The highest BCUT2D eigenvalue weighted by atomic mass is 19.1. The first-order chi connectivity index (χ1) is 31.5. The van der Waals surface area contributed by atoms with E-state index in [9.17, 15) is 18.4 Å². The standard InChI is InChI=1S/C25H26FN3O3.C19H14FNO3.C6H14N2O/c1-18-16-20(25(30)27-10-11-29-12-14-31-15-13-29)17-24(28-18)19-2-6-22(7-3-19)32-23-8-4-21(26)5-9-23;1-12-10-14(19(22)23)11-18(21-12)13-2-6-16(7-3-13)24-17-8-4-15(20)5-9-17;7-1-2-8-3-5-9-6-4-8/h2-9,16-17H,10-15H2,1H3,(H,27,30);2-11H,1H3,(H,22,23);1-7H2. The summed E-state index contributed by atoms with van der Waals surface area (Å²) in [6.45, 7) is 13.9. The van der Waals surface area contributed by atoms with Crippen LogP contribution in [0.3, 0.4) is 0 Å². The van der Waals surface area contributed by atoms with Crippen molar-refractivity contribution < 1.29 is 42.4 Å². The number of amides is 1. The van der Waals surface area contributed by atoms with E-state index < -0.39 is 5.97 Å². The van der Waals surface area contributed by atoms with Gasteiger partial charge >= 0.3 is 5.97 Å². The third-order valence-electron chi connectivity index (χ3n) is 10.2. The molecular weight excluding hydrogens is 835 g/mol. The lowest BCUT2D eigenvalue weighted by atomic mass is 10.1. The molecule has 4 N–H and O–H groups in total. The number of pyridine rings is 2. The van der Waals surface area contributed by atoms with Gasteiger partial charge in [-0.25, -0.2) is 13.6 Å². The normalized spacial score (nSPS) is 13.9. The molecule has 2 fully saturated rings. The average molecular weight is 889 g/mol. The zero-order chi connectivity index (χ0) is 46.0. The number of carboxylic acids is 1. The third kappa shape index (κ3) is 15.6. The summed E-state index contributed by atoms with van der Waals surface area (Å²) in [6.07, 6.45) is 0. The monoisotopic (exact) mass is 888 g/mol. The zero-order valence-electron chi connectivity index (χ0n) is 36.6. The Labute approximate surface area is 377 Å². The van der Waals surface area contributed by atoms with Gasteiger partial charge in [-0.3, -0.25) is 24.6 Å². The fourth-order valence-electron chi connectivity index (χ4n) is 6.81. The van der Waals surface area contributed by atoms with Crippen LogP contribution in [0, 0.1) is 25.5 Å². The molecule has 6 aromatic rings. The fraction of sp³-hybridized carbons (Fsp3) is 0.280. The zero-order valence-corrected chi connectivity index (χ0v) is 36.6. The van der Waals surface area contributed by atoms with Crippen molar-refractivity contribution >= 4 is 11.9 Å². The Morgan fingerprint density at radius 3 is 1.42 bits per heavy atom. The number of hydrogen-bond donors (Lipinski definition) is 3. The molecule has 0 radical (unpaired) electrons.